The lowest BCUT2D eigenvalue weighted by molar-refractivity contribution is -0.118. The number of amides is 2. The summed E-state index contributed by atoms with van der Waals surface area (Å²) in [5, 5.41) is 15.2. The molecule has 164 valence electrons. The molecule has 0 fully saturated rings. The zero-order chi connectivity index (χ0) is 23.4. The van der Waals surface area contributed by atoms with Gasteiger partial charge in [-0.05, 0) is 35.2 Å². The second-order valence-corrected chi connectivity index (χ2v) is 7.55. The maximum absolute atomic E-state index is 13.4. The Labute approximate surface area is 190 Å². The first-order valence-corrected chi connectivity index (χ1v) is 10.3. The van der Waals surface area contributed by atoms with Gasteiger partial charge in [0.15, 0.2) is 0 Å². The Bertz CT molecular complexity index is 1350. The fourth-order valence-corrected chi connectivity index (χ4v) is 3.61. The van der Waals surface area contributed by atoms with E-state index in [4.69, 9.17) is 16.9 Å². The number of benzene rings is 4. The monoisotopic (exact) mass is 437 g/mol. The van der Waals surface area contributed by atoms with Crippen molar-refractivity contribution < 1.29 is 9.59 Å². The molecule has 4 aromatic rings. The molecule has 0 aliphatic carbocycles. The zero-order valence-corrected chi connectivity index (χ0v) is 17.7. The van der Waals surface area contributed by atoms with Crippen molar-refractivity contribution in [3.8, 4) is 0 Å². The van der Waals surface area contributed by atoms with Gasteiger partial charge < -0.3 is 22.1 Å². The first-order chi connectivity index (χ1) is 15.9. The van der Waals surface area contributed by atoms with Crippen molar-refractivity contribution in [2.24, 2.45) is 5.73 Å². The van der Waals surface area contributed by atoms with Crippen LogP contribution < -0.4 is 22.1 Å². The van der Waals surface area contributed by atoms with Gasteiger partial charge >= 0.3 is 0 Å². The number of nitrogens with one attached hydrogen (secondary N) is 3. The number of nitrogen functional groups attached to an aromatic ring is 2. The minimum atomic E-state index is -0.974. The van der Waals surface area contributed by atoms with Crippen LogP contribution in [0, 0.1) is 5.41 Å². The van der Waals surface area contributed by atoms with E-state index in [0.717, 1.165) is 10.8 Å². The molecule has 0 unspecified atom stereocenters. The minimum Gasteiger partial charge on any atom is -0.398 e. The normalized spacial score (nSPS) is 11.5. The minimum absolute atomic E-state index is 0.140. The highest BCUT2D eigenvalue weighted by atomic mass is 16.2. The van der Waals surface area contributed by atoms with Crippen molar-refractivity contribution in [3.63, 3.8) is 0 Å². The van der Waals surface area contributed by atoms with Crippen LogP contribution in [0.25, 0.3) is 10.8 Å². The van der Waals surface area contributed by atoms with Crippen molar-refractivity contribution >= 4 is 39.8 Å². The average Bonchev–Trinajstić information content (AvgIpc) is 2.83. The molecule has 4 aromatic carbocycles. The van der Waals surface area contributed by atoms with Gasteiger partial charge in [0.1, 0.15) is 11.9 Å². The van der Waals surface area contributed by atoms with Crippen molar-refractivity contribution in [1.29, 1.82) is 5.41 Å². The Morgan fingerprint density at radius 1 is 0.848 bits per heavy atom. The van der Waals surface area contributed by atoms with Crippen molar-refractivity contribution in [2.75, 3.05) is 11.1 Å². The third-order valence-corrected chi connectivity index (χ3v) is 5.33. The standard InChI is InChI=1S/C26H23N5O2/c27-21-14-13-18(24(28)29)15-20(21)25(32)31-23(17-8-2-1-3-9-17)26(33)30-22-12-6-10-16-7-4-5-11-19(16)22/h1-15,23H,27H2,(H3,28,29)(H,30,33)(H,31,32)/t23-/m1/s1. The van der Waals surface area contributed by atoms with Crippen LogP contribution in [0.5, 0.6) is 0 Å². The summed E-state index contributed by atoms with van der Waals surface area (Å²) in [5.74, 6) is -1.12. The van der Waals surface area contributed by atoms with Gasteiger partial charge in [-0.15, -0.1) is 0 Å². The summed E-state index contributed by atoms with van der Waals surface area (Å²) in [6, 6.07) is 25.9. The van der Waals surface area contributed by atoms with Crippen LogP contribution in [-0.2, 0) is 4.79 Å². The molecule has 7 heteroatoms. The number of nitrogens with two attached hydrogens (primary N) is 2. The molecular formula is C26H23N5O2. The Balaban J connectivity index is 1.66. The van der Waals surface area contributed by atoms with Crippen LogP contribution in [-0.4, -0.2) is 17.6 Å². The Morgan fingerprint density at radius 2 is 1.55 bits per heavy atom. The van der Waals surface area contributed by atoms with Gasteiger partial charge in [0.25, 0.3) is 11.8 Å². The van der Waals surface area contributed by atoms with E-state index >= 15 is 0 Å². The molecule has 0 bridgehead atoms. The fourth-order valence-electron chi connectivity index (χ4n) is 3.61. The number of carbonyl (C=O) groups excluding carboxylic acids is 2. The van der Waals surface area contributed by atoms with Crippen LogP contribution >= 0.6 is 0 Å². The maximum Gasteiger partial charge on any atom is 0.254 e. The summed E-state index contributed by atoms with van der Waals surface area (Å²) in [5.41, 5.74) is 13.5. The molecule has 0 aliphatic rings. The van der Waals surface area contributed by atoms with Crippen molar-refractivity contribution in [3.05, 3.63) is 108 Å². The number of hydrogen-bond donors (Lipinski definition) is 5. The van der Waals surface area contributed by atoms with Gasteiger partial charge in [-0.25, -0.2) is 0 Å². The summed E-state index contributed by atoms with van der Waals surface area (Å²) in [6.07, 6.45) is 0. The molecule has 33 heavy (non-hydrogen) atoms. The van der Waals surface area contributed by atoms with E-state index in [9.17, 15) is 9.59 Å². The molecule has 0 spiro atoms. The molecule has 4 rings (SSSR count). The van der Waals surface area contributed by atoms with Gasteiger partial charge in [-0.2, -0.15) is 0 Å². The van der Waals surface area contributed by atoms with E-state index in [-0.39, 0.29) is 17.1 Å². The summed E-state index contributed by atoms with van der Waals surface area (Å²) >= 11 is 0. The second kappa shape index (κ2) is 9.23. The molecule has 0 heterocycles. The van der Waals surface area contributed by atoms with E-state index in [1.807, 2.05) is 48.5 Å². The second-order valence-electron chi connectivity index (χ2n) is 7.55. The predicted molar refractivity (Wildman–Crippen MR) is 131 cm³/mol. The van der Waals surface area contributed by atoms with E-state index in [1.54, 1.807) is 30.3 Å². The van der Waals surface area contributed by atoms with Gasteiger partial charge in [0.05, 0.1) is 5.56 Å². The number of hydrogen-bond acceptors (Lipinski definition) is 4. The Hall–Kier alpha value is -4.65. The fraction of sp³-hybridized carbons (Fsp3) is 0.0385. The van der Waals surface area contributed by atoms with E-state index in [0.29, 0.717) is 16.8 Å². The molecule has 2 amide bonds. The van der Waals surface area contributed by atoms with Gasteiger partial charge in [-0.3, -0.25) is 15.0 Å². The van der Waals surface area contributed by atoms with Crippen LogP contribution in [0.4, 0.5) is 11.4 Å². The molecule has 7 N–H and O–H groups in total. The van der Waals surface area contributed by atoms with Crippen LogP contribution in [0.2, 0.25) is 0 Å². The first kappa shape index (κ1) is 21.6. The van der Waals surface area contributed by atoms with Gasteiger partial charge in [-0.1, -0.05) is 66.7 Å². The van der Waals surface area contributed by atoms with Gasteiger partial charge in [0, 0.05) is 22.3 Å². The molecule has 0 saturated carbocycles. The molecular weight excluding hydrogens is 414 g/mol. The van der Waals surface area contributed by atoms with E-state index < -0.39 is 17.9 Å². The number of amidine groups is 1. The summed E-state index contributed by atoms with van der Waals surface area (Å²) < 4.78 is 0. The summed E-state index contributed by atoms with van der Waals surface area (Å²) in [6.45, 7) is 0. The molecule has 1 atom stereocenters. The molecule has 7 nitrogen and oxygen atoms in total. The van der Waals surface area contributed by atoms with Crippen LogP contribution in [0.1, 0.15) is 27.5 Å². The predicted octanol–water partition coefficient (Wildman–Crippen LogP) is 3.82. The van der Waals surface area contributed by atoms with Crippen molar-refractivity contribution in [1.82, 2.24) is 5.32 Å². The van der Waals surface area contributed by atoms with Gasteiger partial charge in [0.2, 0.25) is 0 Å². The van der Waals surface area contributed by atoms with Crippen LogP contribution in [0.3, 0.4) is 0 Å². The lowest BCUT2D eigenvalue weighted by atomic mass is 10.0. The highest BCUT2D eigenvalue weighted by Gasteiger charge is 2.25. The quantitative estimate of drug-likeness (QED) is 0.178. The van der Waals surface area contributed by atoms with Crippen LogP contribution in [0.15, 0.2) is 91.0 Å². The molecule has 0 radical (unpaired) electrons. The topological polar surface area (TPSA) is 134 Å². The lowest BCUT2D eigenvalue weighted by Gasteiger charge is -2.20. The Morgan fingerprint density at radius 3 is 2.30 bits per heavy atom. The molecule has 0 aromatic heterocycles. The summed E-state index contributed by atoms with van der Waals surface area (Å²) in [7, 11) is 0. The molecule has 0 saturated heterocycles. The number of anilines is 2. The Kier molecular flexibility index (Phi) is 6.04. The first-order valence-electron chi connectivity index (χ1n) is 10.3. The highest BCUT2D eigenvalue weighted by Crippen LogP contribution is 2.25. The number of rotatable bonds is 6. The average molecular weight is 438 g/mol. The molecule has 0 aliphatic heterocycles. The largest absolute Gasteiger partial charge is 0.398 e. The lowest BCUT2D eigenvalue weighted by Crippen LogP contribution is -2.37. The van der Waals surface area contributed by atoms with E-state index in [2.05, 4.69) is 10.6 Å². The third-order valence-electron chi connectivity index (χ3n) is 5.33. The number of fused-ring (bicyclic) bond motifs is 1. The highest BCUT2D eigenvalue weighted by molar-refractivity contribution is 6.08. The zero-order valence-electron chi connectivity index (χ0n) is 17.7. The summed E-state index contributed by atoms with van der Waals surface area (Å²) in [4.78, 5) is 26.5. The van der Waals surface area contributed by atoms with E-state index in [1.165, 1.54) is 12.1 Å². The maximum atomic E-state index is 13.4. The SMILES string of the molecule is N=C(N)c1ccc(N)c(C(=O)N[C@@H](C(=O)Nc2cccc3ccccc23)c2ccccc2)c1. The smallest absolute Gasteiger partial charge is 0.254 e. The third kappa shape index (κ3) is 4.67. The van der Waals surface area contributed by atoms with Crippen molar-refractivity contribution in [2.45, 2.75) is 6.04 Å². The number of carbonyl (C=O) groups is 2.